The van der Waals surface area contributed by atoms with Crippen molar-refractivity contribution in [2.45, 2.75) is 43.9 Å². The summed E-state index contributed by atoms with van der Waals surface area (Å²) in [6.07, 6.45) is -0.594. The maximum absolute atomic E-state index is 11.8. The van der Waals surface area contributed by atoms with Gasteiger partial charge >= 0.3 is 6.18 Å². The lowest BCUT2D eigenvalue weighted by atomic mass is 10.0. The van der Waals surface area contributed by atoms with Crippen molar-refractivity contribution in [3.05, 3.63) is 0 Å². The zero-order valence-electron chi connectivity index (χ0n) is 9.13. The van der Waals surface area contributed by atoms with E-state index in [9.17, 15) is 13.2 Å². The highest BCUT2D eigenvalue weighted by Gasteiger charge is 2.37. The van der Waals surface area contributed by atoms with Crippen LogP contribution in [0.4, 0.5) is 13.2 Å². The largest absolute Gasteiger partial charge is 0.425 e. The van der Waals surface area contributed by atoms with Gasteiger partial charge in [0.25, 0.3) is 0 Å². The van der Waals surface area contributed by atoms with E-state index >= 15 is 0 Å². The quantitative estimate of drug-likeness (QED) is 0.686. The lowest BCUT2D eigenvalue weighted by Gasteiger charge is -2.31. The monoisotopic (exact) mass is 236 g/mol. The van der Waals surface area contributed by atoms with E-state index < -0.39 is 12.8 Å². The van der Waals surface area contributed by atoms with E-state index in [1.165, 1.54) is 0 Å². The van der Waals surface area contributed by atoms with E-state index in [4.69, 9.17) is 0 Å². The zero-order chi connectivity index (χ0) is 11.8. The number of hydrogen-bond acceptors (Lipinski definition) is 3. The van der Waals surface area contributed by atoms with Crippen molar-refractivity contribution < 1.29 is 18.0 Å². The molecule has 0 aliphatic carbocycles. The molecule has 0 spiro atoms. The van der Waals surface area contributed by atoms with Crippen LogP contribution in [-0.4, -0.2) is 42.5 Å². The van der Waals surface area contributed by atoms with Crippen LogP contribution in [0.5, 0.6) is 0 Å². The summed E-state index contributed by atoms with van der Waals surface area (Å²) in [5.41, 5.74) is 0.773. The third-order valence-electron chi connectivity index (χ3n) is 3.35. The first kappa shape index (κ1) is 11.7. The molecule has 0 amide bonds. The molecule has 2 rings (SSSR count). The maximum Gasteiger partial charge on any atom is 0.425 e. The number of oxime groups is 1. The van der Waals surface area contributed by atoms with Gasteiger partial charge in [0, 0.05) is 24.9 Å². The fraction of sp³-hybridized carbons (Fsp3) is 0.900. The number of nitrogens with zero attached hydrogens (tertiary/aromatic N) is 2. The summed E-state index contributed by atoms with van der Waals surface area (Å²) in [6, 6.07) is 0.874. The summed E-state index contributed by atoms with van der Waals surface area (Å²) >= 11 is 0. The van der Waals surface area contributed by atoms with E-state index in [1.807, 2.05) is 0 Å². The molecular formula is C10H15F3N2O. The van der Waals surface area contributed by atoms with Crippen LogP contribution >= 0.6 is 0 Å². The number of halogens is 3. The van der Waals surface area contributed by atoms with Gasteiger partial charge in [-0.3, -0.25) is 4.90 Å². The highest BCUT2D eigenvalue weighted by molar-refractivity contribution is 5.86. The molecule has 2 bridgehead atoms. The number of piperidine rings is 1. The first-order valence-electron chi connectivity index (χ1n) is 5.42. The molecule has 92 valence electrons. The predicted octanol–water partition coefficient (Wildman–Crippen LogP) is 2.18. The Kier molecular flexibility index (Phi) is 3.10. The van der Waals surface area contributed by atoms with Crippen molar-refractivity contribution in [2.75, 3.05) is 13.7 Å². The van der Waals surface area contributed by atoms with Crippen molar-refractivity contribution in [3.63, 3.8) is 0 Å². The summed E-state index contributed by atoms with van der Waals surface area (Å²) < 4.78 is 35.5. The van der Waals surface area contributed by atoms with Gasteiger partial charge in [-0.25, -0.2) is 0 Å². The van der Waals surface area contributed by atoms with Crippen molar-refractivity contribution in [2.24, 2.45) is 5.16 Å². The molecule has 2 saturated heterocycles. The molecule has 2 aliphatic rings. The average molecular weight is 236 g/mol. The average Bonchev–Trinajstić information content (AvgIpc) is 2.41. The molecule has 2 unspecified atom stereocenters. The number of fused-ring (bicyclic) bond motifs is 2. The normalized spacial score (nSPS) is 30.6. The summed E-state index contributed by atoms with van der Waals surface area (Å²) in [5.74, 6) is 0. The van der Waals surface area contributed by atoms with E-state index in [1.54, 1.807) is 0 Å². The van der Waals surface area contributed by atoms with Crippen molar-refractivity contribution in [3.8, 4) is 0 Å². The third-order valence-corrected chi connectivity index (χ3v) is 3.35. The number of hydrogen-bond donors (Lipinski definition) is 0. The Labute approximate surface area is 92.2 Å². The van der Waals surface area contributed by atoms with Crippen LogP contribution in [0.25, 0.3) is 0 Å². The molecule has 2 heterocycles. The van der Waals surface area contributed by atoms with Crippen LogP contribution in [0.3, 0.4) is 0 Å². The van der Waals surface area contributed by atoms with Gasteiger partial charge in [-0.1, -0.05) is 5.16 Å². The van der Waals surface area contributed by atoms with Crippen molar-refractivity contribution >= 4 is 5.71 Å². The molecule has 3 nitrogen and oxygen atoms in total. The van der Waals surface area contributed by atoms with E-state index in [2.05, 4.69) is 21.9 Å². The molecule has 2 fully saturated rings. The van der Waals surface area contributed by atoms with Crippen LogP contribution in [0.2, 0.25) is 0 Å². The Morgan fingerprint density at radius 3 is 2.38 bits per heavy atom. The molecule has 16 heavy (non-hydrogen) atoms. The minimum atomic E-state index is -4.30. The Balaban J connectivity index is 1.86. The van der Waals surface area contributed by atoms with Gasteiger partial charge in [0.1, 0.15) is 0 Å². The Morgan fingerprint density at radius 1 is 1.31 bits per heavy atom. The fourth-order valence-corrected chi connectivity index (χ4v) is 2.48. The molecule has 0 aromatic heterocycles. The third kappa shape index (κ3) is 2.66. The van der Waals surface area contributed by atoms with E-state index in [-0.39, 0.29) is 0 Å². The van der Waals surface area contributed by atoms with Crippen LogP contribution < -0.4 is 0 Å². The minimum Gasteiger partial charge on any atom is -0.386 e. The molecule has 0 aromatic rings. The molecule has 6 heteroatoms. The summed E-state index contributed by atoms with van der Waals surface area (Å²) in [7, 11) is 2.07. The summed E-state index contributed by atoms with van der Waals surface area (Å²) in [6.45, 7) is -1.29. The van der Waals surface area contributed by atoms with Gasteiger partial charge < -0.3 is 4.84 Å². The zero-order valence-corrected chi connectivity index (χ0v) is 9.13. The minimum absolute atomic E-state index is 0.437. The van der Waals surface area contributed by atoms with E-state index in [0.717, 1.165) is 31.4 Å². The molecule has 0 N–H and O–H groups in total. The standard InChI is InChI=1S/C10H15F3N2O/c1-15-8-2-3-9(15)5-7(4-8)14-16-6-10(11,12)13/h8-9H,2-6H2,1H3. The second kappa shape index (κ2) is 4.24. The van der Waals surface area contributed by atoms with Gasteiger partial charge in [0.15, 0.2) is 0 Å². The van der Waals surface area contributed by atoms with Crippen LogP contribution in [0, 0.1) is 0 Å². The summed E-state index contributed by atoms with van der Waals surface area (Å²) in [5, 5.41) is 3.61. The number of alkyl halides is 3. The topological polar surface area (TPSA) is 24.8 Å². The Morgan fingerprint density at radius 2 is 1.88 bits per heavy atom. The SMILES string of the molecule is CN1C2CCC1CC(=NOCC(F)(F)F)C2. The number of rotatable bonds is 2. The molecule has 0 radical (unpaired) electrons. The fourth-order valence-electron chi connectivity index (χ4n) is 2.48. The highest BCUT2D eigenvalue weighted by Crippen LogP contribution is 2.32. The maximum atomic E-state index is 11.8. The second-order valence-electron chi connectivity index (χ2n) is 4.50. The first-order valence-corrected chi connectivity index (χ1v) is 5.42. The first-order chi connectivity index (χ1) is 7.46. The summed E-state index contributed by atoms with van der Waals surface area (Å²) in [4.78, 5) is 6.64. The molecule has 0 aromatic carbocycles. The van der Waals surface area contributed by atoms with Gasteiger partial charge in [-0.15, -0.1) is 0 Å². The van der Waals surface area contributed by atoms with Crippen LogP contribution in [0.1, 0.15) is 25.7 Å². The second-order valence-corrected chi connectivity index (χ2v) is 4.50. The Bertz CT molecular complexity index is 274. The van der Waals surface area contributed by atoms with Gasteiger partial charge in [0.05, 0.1) is 5.71 Å². The van der Waals surface area contributed by atoms with Crippen LogP contribution in [0.15, 0.2) is 5.16 Å². The molecule has 2 aliphatic heterocycles. The van der Waals surface area contributed by atoms with Gasteiger partial charge in [-0.2, -0.15) is 13.2 Å². The lowest BCUT2D eigenvalue weighted by Crippen LogP contribution is -2.40. The predicted molar refractivity (Wildman–Crippen MR) is 53.2 cm³/mol. The smallest absolute Gasteiger partial charge is 0.386 e. The highest BCUT2D eigenvalue weighted by atomic mass is 19.4. The van der Waals surface area contributed by atoms with Crippen molar-refractivity contribution in [1.82, 2.24) is 4.90 Å². The van der Waals surface area contributed by atoms with E-state index in [0.29, 0.717) is 12.1 Å². The molecule has 0 saturated carbocycles. The molecule has 2 atom stereocenters. The molecular weight excluding hydrogens is 221 g/mol. The lowest BCUT2D eigenvalue weighted by molar-refractivity contribution is -0.173. The van der Waals surface area contributed by atoms with Gasteiger partial charge in [0.2, 0.25) is 6.61 Å². The van der Waals surface area contributed by atoms with Gasteiger partial charge in [-0.05, 0) is 19.9 Å². The van der Waals surface area contributed by atoms with Crippen molar-refractivity contribution in [1.29, 1.82) is 0 Å². The Hall–Kier alpha value is -0.780. The van der Waals surface area contributed by atoms with Crippen LogP contribution in [-0.2, 0) is 4.84 Å².